The predicted octanol–water partition coefficient (Wildman–Crippen LogP) is -1.06. The lowest BCUT2D eigenvalue weighted by Crippen LogP contribution is -2.61. The number of aliphatic hydroxyl groups excluding tert-OH is 6. The quantitative estimate of drug-likeness (QED) is 0.175. The van der Waals surface area contributed by atoms with Gasteiger partial charge in [-0.25, -0.2) is 0 Å². The number of phenolic OH excluding ortho intramolecular Hbond substituents is 3. The Morgan fingerprint density at radius 2 is 1.51 bits per heavy atom. The molecule has 2 aliphatic heterocycles. The van der Waals surface area contributed by atoms with E-state index in [9.17, 15) is 50.8 Å². The van der Waals surface area contributed by atoms with E-state index in [4.69, 9.17) is 18.6 Å². The van der Waals surface area contributed by atoms with Crippen LogP contribution in [0.2, 0.25) is 0 Å². The third-order valence-corrected chi connectivity index (χ3v) is 7.40. The molecule has 5 rings (SSSR count). The third kappa shape index (κ3) is 5.14. The van der Waals surface area contributed by atoms with Crippen molar-refractivity contribution in [2.45, 2.75) is 68.1 Å². The minimum atomic E-state index is -1.85. The molecule has 2 aromatic carbocycles. The van der Waals surface area contributed by atoms with Gasteiger partial charge in [0.25, 0.3) is 0 Å². The van der Waals surface area contributed by atoms with Gasteiger partial charge in [0.15, 0.2) is 17.3 Å². The maximum atomic E-state index is 13.1. The Morgan fingerprint density at radius 1 is 0.829 bits per heavy atom. The fourth-order valence-corrected chi connectivity index (χ4v) is 5.12. The number of ether oxygens (including phenoxy) is 3. The molecule has 0 aliphatic carbocycles. The second kappa shape index (κ2) is 11.2. The average molecular weight is 579 g/mol. The minimum absolute atomic E-state index is 0.0294. The van der Waals surface area contributed by atoms with Crippen LogP contribution in [-0.2, 0) is 14.2 Å². The van der Waals surface area contributed by atoms with E-state index in [0.717, 1.165) is 12.1 Å². The summed E-state index contributed by atoms with van der Waals surface area (Å²) < 4.78 is 23.0. The first-order chi connectivity index (χ1) is 19.4. The van der Waals surface area contributed by atoms with Crippen LogP contribution < -0.4 is 5.43 Å². The first-order valence-corrected chi connectivity index (χ1v) is 12.7. The highest BCUT2D eigenvalue weighted by molar-refractivity contribution is 5.89. The number of aromatic hydroxyl groups is 3. The molecule has 2 aliphatic rings. The van der Waals surface area contributed by atoms with Gasteiger partial charge >= 0.3 is 0 Å². The number of hydrogen-bond acceptors (Lipinski definition) is 14. The first kappa shape index (κ1) is 29.2. The van der Waals surface area contributed by atoms with Crippen molar-refractivity contribution in [2.24, 2.45) is 0 Å². The fourth-order valence-electron chi connectivity index (χ4n) is 5.12. The Balaban J connectivity index is 1.67. The van der Waals surface area contributed by atoms with E-state index in [2.05, 4.69) is 0 Å². The molecule has 0 bridgehead atoms. The van der Waals surface area contributed by atoms with Crippen molar-refractivity contribution < 1.29 is 64.6 Å². The van der Waals surface area contributed by atoms with Gasteiger partial charge in [-0.2, -0.15) is 0 Å². The molecular weight excluding hydrogens is 548 g/mol. The number of fused-ring (bicyclic) bond motifs is 1. The third-order valence-electron chi connectivity index (χ3n) is 7.40. The summed E-state index contributed by atoms with van der Waals surface area (Å²) >= 11 is 0. The number of benzene rings is 2. The summed E-state index contributed by atoms with van der Waals surface area (Å²) in [5.74, 6) is -1.39. The Morgan fingerprint density at radius 3 is 2.17 bits per heavy atom. The van der Waals surface area contributed by atoms with E-state index in [-0.39, 0.29) is 28.0 Å². The van der Waals surface area contributed by atoms with Gasteiger partial charge in [-0.1, -0.05) is 0 Å². The zero-order chi connectivity index (χ0) is 29.7. The van der Waals surface area contributed by atoms with Gasteiger partial charge in [0.05, 0.1) is 18.3 Å². The van der Waals surface area contributed by atoms with Crippen LogP contribution >= 0.6 is 0 Å². The van der Waals surface area contributed by atoms with Crippen LogP contribution in [0.4, 0.5) is 0 Å². The van der Waals surface area contributed by atoms with Crippen LogP contribution in [0.25, 0.3) is 22.3 Å². The summed E-state index contributed by atoms with van der Waals surface area (Å²) in [5.41, 5.74) is -1.08. The smallest absolute Gasteiger partial charge is 0.197 e. The second-order valence-electron chi connectivity index (χ2n) is 10.1. The summed E-state index contributed by atoms with van der Waals surface area (Å²) in [6, 6.07) is 7.53. The lowest BCUT2D eigenvalue weighted by Gasteiger charge is -2.46. The first-order valence-electron chi connectivity index (χ1n) is 12.7. The van der Waals surface area contributed by atoms with E-state index < -0.39 is 84.8 Å². The van der Waals surface area contributed by atoms with Crippen LogP contribution in [0.1, 0.15) is 18.6 Å². The fraction of sp³-hybridized carbons (Fsp3) is 0.444. The van der Waals surface area contributed by atoms with Crippen molar-refractivity contribution in [1.29, 1.82) is 0 Å². The maximum absolute atomic E-state index is 13.1. The molecule has 0 amide bonds. The molecule has 10 atom stereocenters. The number of aliphatic hydroxyl groups is 6. The molecule has 14 nitrogen and oxygen atoms in total. The Hall–Kier alpha value is -3.31. The molecule has 3 aromatic rings. The number of phenols is 3. The lowest BCUT2D eigenvalue weighted by atomic mass is 9.89. The molecule has 2 fully saturated rings. The van der Waals surface area contributed by atoms with Gasteiger partial charge in [0.1, 0.15) is 77.2 Å². The van der Waals surface area contributed by atoms with Gasteiger partial charge in [0.2, 0.25) is 0 Å². The summed E-state index contributed by atoms with van der Waals surface area (Å²) in [6.07, 6.45) is -16.0. The van der Waals surface area contributed by atoms with Gasteiger partial charge in [0, 0.05) is 17.7 Å². The topological polar surface area (TPSA) is 240 Å². The molecule has 0 spiro atoms. The molecule has 0 radical (unpaired) electrons. The zero-order valence-corrected chi connectivity index (χ0v) is 21.5. The average Bonchev–Trinajstić information content (AvgIpc) is 2.93. The largest absolute Gasteiger partial charge is 0.508 e. The van der Waals surface area contributed by atoms with Crippen molar-refractivity contribution in [3.63, 3.8) is 0 Å². The van der Waals surface area contributed by atoms with Crippen molar-refractivity contribution in [1.82, 2.24) is 0 Å². The molecule has 9 N–H and O–H groups in total. The number of rotatable bonds is 5. The van der Waals surface area contributed by atoms with Crippen molar-refractivity contribution in [2.75, 3.05) is 6.61 Å². The monoisotopic (exact) mass is 578 g/mol. The molecule has 41 heavy (non-hydrogen) atoms. The summed E-state index contributed by atoms with van der Waals surface area (Å²) in [4.78, 5) is 13.1. The van der Waals surface area contributed by atoms with Crippen LogP contribution in [0.5, 0.6) is 17.2 Å². The molecule has 222 valence electrons. The standard InChI is InChI=1S/C27H30O14/c1-9-19(33)21(35)23(37)27(38-9)41-26-22(36)20(34)16(8-28)40-25(26)18-13(31)6-12(30)17-14(32)7-15(39-24(17)18)10-2-4-11(29)5-3-10/h2-7,9,16,19-23,25-31,33-37H,8H2,1H3/t9-,16-,19+,20+,21-,22+,23+,25-,26-,27-/m0/s1. The molecule has 1 aromatic heterocycles. The van der Waals surface area contributed by atoms with Gasteiger partial charge < -0.3 is 64.6 Å². The molecule has 0 saturated carbocycles. The molecule has 2 saturated heterocycles. The second-order valence-corrected chi connectivity index (χ2v) is 10.1. The van der Waals surface area contributed by atoms with Crippen LogP contribution in [0.15, 0.2) is 45.6 Å². The summed E-state index contributed by atoms with van der Waals surface area (Å²) in [6.45, 7) is 0.613. The van der Waals surface area contributed by atoms with Gasteiger partial charge in [-0.05, 0) is 31.2 Å². The molecule has 0 unspecified atom stereocenters. The van der Waals surface area contributed by atoms with E-state index in [1.165, 1.54) is 31.2 Å². The SMILES string of the molecule is C[C@@H]1O[C@@H](O[C@H]2[C@H](O)[C@H](O)[C@H](CO)O[C@H]2c2c(O)cc(O)c3c(=O)cc(-c4ccc(O)cc4)oc23)[C@H](O)[C@@H](O)[C@@H]1O. The van der Waals surface area contributed by atoms with E-state index in [0.29, 0.717) is 5.56 Å². The molecular formula is C27H30O14. The Labute approximate surface area is 231 Å². The van der Waals surface area contributed by atoms with E-state index in [1.807, 2.05) is 0 Å². The summed E-state index contributed by atoms with van der Waals surface area (Å²) in [5, 5.41) is 93.0. The minimum Gasteiger partial charge on any atom is -0.508 e. The van der Waals surface area contributed by atoms with Crippen LogP contribution in [0, 0.1) is 0 Å². The highest BCUT2D eigenvalue weighted by Gasteiger charge is 2.51. The summed E-state index contributed by atoms with van der Waals surface area (Å²) in [7, 11) is 0. The normalized spacial score (nSPS) is 34.1. The van der Waals surface area contributed by atoms with Crippen LogP contribution in [0.3, 0.4) is 0 Å². The highest BCUT2D eigenvalue weighted by Crippen LogP contribution is 2.45. The Kier molecular flexibility index (Phi) is 7.95. The predicted molar refractivity (Wildman–Crippen MR) is 137 cm³/mol. The number of hydrogen-bond donors (Lipinski definition) is 9. The molecule has 3 heterocycles. The van der Waals surface area contributed by atoms with Crippen LogP contribution in [-0.4, -0.2) is 108 Å². The zero-order valence-electron chi connectivity index (χ0n) is 21.5. The van der Waals surface area contributed by atoms with E-state index >= 15 is 0 Å². The highest BCUT2D eigenvalue weighted by atomic mass is 16.7. The van der Waals surface area contributed by atoms with Gasteiger partial charge in [-0.15, -0.1) is 0 Å². The van der Waals surface area contributed by atoms with Crippen molar-refractivity contribution >= 4 is 11.0 Å². The lowest BCUT2D eigenvalue weighted by molar-refractivity contribution is -0.338. The van der Waals surface area contributed by atoms with Crippen molar-refractivity contribution in [3.8, 4) is 28.6 Å². The molecule has 14 heteroatoms. The maximum Gasteiger partial charge on any atom is 0.197 e. The van der Waals surface area contributed by atoms with Gasteiger partial charge in [-0.3, -0.25) is 4.79 Å². The van der Waals surface area contributed by atoms with Crippen molar-refractivity contribution in [3.05, 3.63) is 52.2 Å². The van der Waals surface area contributed by atoms with E-state index in [1.54, 1.807) is 0 Å². The Bertz CT molecular complexity index is 1460.